The van der Waals surface area contributed by atoms with Crippen molar-refractivity contribution in [3.63, 3.8) is 0 Å². The summed E-state index contributed by atoms with van der Waals surface area (Å²) >= 11 is 6.52. The normalized spacial score (nSPS) is 21.3. The van der Waals surface area contributed by atoms with Crippen LogP contribution < -0.4 is 10.6 Å². The number of nitrogens with two attached hydrogens (primary N) is 1. The second-order valence-electron chi connectivity index (χ2n) is 7.80. The molecule has 5 heteroatoms. The van der Waals surface area contributed by atoms with Crippen molar-refractivity contribution in [3.05, 3.63) is 35.0 Å². The van der Waals surface area contributed by atoms with Crippen LogP contribution in [0.15, 0.2) is 24.4 Å². The number of hydrogen-bond acceptors (Lipinski definition) is 4. The van der Waals surface area contributed by atoms with E-state index in [9.17, 15) is 0 Å². The molecule has 140 valence electrons. The Kier molecular flexibility index (Phi) is 5.35. The average Bonchev–Trinajstić information content (AvgIpc) is 2.69. The number of fused-ring (bicyclic) bond motifs is 1. The van der Waals surface area contributed by atoms with Crippen LogP contribution in [0, 0.1) is 0 Å². The second-order valence-corrected chi connectivity index (χ2v) is 8.21. The SMILES string of the molecule is CC(N)c1cc(Cl)c2cccnc2c1N1CCN(C2CCCCC2)CC1. The average molecular weight is 373 g/mol. The van der Waals surface area contributed by atoms with Crippen LogP contribution in [0.1, 0.15) is 50.6 Å². The zero-order chi connectivity index (χ0) is 18.1. The molecule has 0 bridgehead atoms. The fourth-order valence-corrected chi connectivity index (χ4v) is 4.91. The molecule has 2 aromatic rings. The molecule has 1 aliphatic heterocycles. The molecule has 1 atom stereocenters. The lowest BCUT2D eigenvalue weighted by Crippen LogP contribution is -2.51. The Morgan fingerprint density at radius 1 is 1.15 bits per heavy atom. The molecule has 2 aliphatic rings. The predicted molar refractivity (Wildman–Crippen MR) is 110 cm³/mol. The van der Waals surface area contributed by atoms with Gasteiger partial charge in [0.25, 0.3) is 0 Å². The molecule has 1 aromatic heterocycles. The Morgan fingerprint density at radius 2 is 1.88 bits per heavy atom. The van der Waals surface area contributed by atoms with Crippen molar-refractivity contribution in [1.29, 1.82) is 0 Å². The van der Waals surface area contributed by atoms with Gasteiger partial charge in [0.2, 0.25) is 0 Å². The van der Waals surface area contributed by atoms with Crippen molar-refractivity contribution in [2.45, 2.75) is 51.1 Å². The van der Waals surface area contributed by atoms with Crippen molar-refractivity contribution < 1.29 is 0 Å². The van der Waals surface area contributed by atoms with Crippen LogP contribution in [0.4, 0.5) is 5.69 Å². The standard InChI is InChI=1S/C21H29ClN4/c1-15(23)18-14-19(22)17-8-5-9-24-20(17)21(18)26-12-10-25(11-13-26)16-6-3-2-4-7-16/h5,8-9,14-16H,2-4,6-7,10-13,23H2,1H3. The molecule has 4 nitrogen and oxygen atoms in total. The number of hydrogen-bond donors (Lipinski definition) is 1. The lowest BCUT2D eigenvalue weighted by atomic mass is 9.93. The van der Waals surface area contributed by atoms with Gasteiger partial charge >= 0.3 is 0 Å². The Hall–Kier alpha value is -1.36. The lowest BCUT2D eigenvalue weighted by molar-refractivity contribution is 0.148. The molecular formula is C21H29ClN4. The molecule has 2 fully saturated rings. The number of aromatic nitrogens is 1. The summed E-state index contributed by atoms with van der Waals surface area (Å²) in [6.07, 6.45) is 8.80. The van der Waals surface area contributed by atoms with E-state index < -0.39 is 0 Å². The molecule has 0 spiro atoms. The van der Waals surface area contributed by atoms with E-state index >= 15 is 0 Å². The highest BCUT2D eigenvalue weighted by Gasteiger charge is 2.28. The maximum absolute atomic E-state index is 6.52. The van der Waals surface area contributed by atoms with Crippen LogP contribution in [0.5, 0.6) is 0 Å². The highest BCUT2D eigenvalue weighted by molar-refractivity contribution is 6.36. The monoisotopic (exact) mass is 372 g/mol. The molecule has 1 saturated heterocycles. The van der Waals surface area contributed by atoms with E-state index in [1.807, 2.05) is 25.3 Å². The van der Waals surface area contributed by atoms with Gasteiger partial charge in [0, 0.05) is 49.8 Å². The molecular weight excluding hydrogens is 344 g/mol. The summed E-state index contributed by atoms with van der Waals surface area (Å²) in [5.41, 5.74) is 9.57. The molecule has 26 heavy (non-hydrogen) atoms. The van der Waals surface area contributed by atoms with Crippen LogP contribution in [0.2, 0.25) is 5.02 Å². The van der Waals surface area contributed by atoms with Crippen molar-refractivity contribution in [2.24, 2.45) is 5.73 Å². The summed E-state index contributed by atoms with van der Waals surface area (Å²) in [4.78, 5) is 9.85. The third-order valence-corrected chi connectivity index (χ3v) is 6.37. The second kappa shape index (κ2) is 7.71. The molecule has 1 aliphatic carbocycles. The third-order valence-electron chi connectivity index (χ3n) is 6.06. The van der Waals surface area contributed by atoms with Gasteiger partial charge in [0.05, 0.1) is 16.2 Å². The van der Waals surface area contributed by atoms with Gasteiger partial charge in [-0.3, -0.25) is 9.88 Å². The molecule has 1 unspecified atom stereocenters. The van der Waals surface area contributed by atoms with Gasteiger partial charge < -0.3 is 10.6 Å². The maximum atomic E-state index is 6.52. The number of anilines is 1. The lowest BCUT2D eigenvalue weighted by Gasteiger charge is -2.42. The summed E-state index contributed by atoms with van der Waals surface area (Å²) in [6.45, 7) is 6.34. The van der Waals surface area contributed by atoms with Gasteiger partial charge in [-0.15, -0.1) is 0 Å². The minimum Gasteiger partial charge on any atom is -0.367 e. The zero-order valence-corrected chi connectivity index (χ0v) is 16.4. The predicted octanol–water partition coefficient (Wildman–Crippen LogP) is 4.36. The van der Waals surface area contributed by atoms with Gasteiger partial charge in [-0.05, 0) is 43.5 Å². The minimum absolute atomic E-state index is 0.0646. The first-order valence-corrected chi connectivity index (χ1v) is 10.3. The van der Waals surface area contributed by atoms with Crippen LogP contribution >= 0.6 is 11.6 Å². The Balaban J connectivity index is 1.62. The molecule has 1 aromatic carbocycles. The van der Waals surface area contributed by atoms with E-state index in [1.54, 1.807) is 0 Å². The van der Waals surface area contributed by atoms with E-state index in [0.717, 1.165) is 53.7 Å². The number of piperazine rings is 1. The van der Waals surface area contributed by atoms with E-state index in [0.29, 0.717) is 0 Å². The van der Waals surface area contributed by atoms with Crippen molar-refractivity contribution in [2.75, 3.05) is 31.1 Å². The summed E-state index contributed by atoms with van der Waals surface area (Å²) in [5, 5.41) is 1.76. The summed E-state index contributed by atoms with van der Waals surface area (Å²) in [7, 11) is 0. The van der Waals surface area contributed by atoms with Crippen molar-refractivity contribution in [1.82, 2.24) is 9.88 Å². The summed E-state index contributed by atoms with van der Waals surface area (Å²) in [5.74, 6) is 0. The van der Waals surface area contributed by atoms with E-state index in [1.165, 1.54) is 37.8 Å². The number of nitrogens with zero attached hydrogens (tertiary/aromatic N) is 3. The highest BCUT2D eigenvalue weighted by Crippen LogP contribution is 2.37. The molecule has 2 N–H and O–H groups in total. The first kappa shape index (κ1) is 18.0. The number of pyridine rings is 1. The number of halogens is 1. The van der Waals surface area contributed by atoms with Gasteiger partial charge in [0.1, 0.15) is 0 Å². The first-order valence-electron chi connectivity index (χ1n) is 9.97. The van der Waals surface area contributed by atoms with E-state index in [4.69, 9.17) is 17.3 Å². The molecule has 0 radical (unpaired) electrons. The maximum Gasteiger partial charge on any atom is 0.0953 e. The molecule has 0 amide bonds. The quantitative estimate of drug-likeness (QED) is 0.869. The third kappa shape index (κ3) is 3.42. The molecule has 1 saturated carbocycles. The van der Waals surface area contributed by atoms with E-state index in [-0.39, 0.29) is 6.04 Å². The van der Waals surface area contributed by atoms with Gasteiger partial charge in [-0.2, -0.15) is 0 Å². The zero-order valence-electron chi connectivity index (χ0n) is 15.6. The van der Waals surface area contributed by atoms with Gasteiger partial charge in [0.15, 0.2) is 0 Å². The molecule has 2 heterocycles. The van der Waals surface area contributed by atoms with Crippen LogP contribution in [-0.4, -0.2) is 42.1 Å². The highest BCUT2D eigenvalue weighted by atomic mass is 35.5. The van der Waals surface area contributed by atoms with Crippen LogP contribution in [0.3, 0.4) is 0 Å². The summed E-state index contributed by atoms with van der Waals surface area (Å²) in [6, 6.07) is 6.77. The van der Waals surface area contributed by atoms with Crippen LogP contribution in [-0.2, 0) is 0 Å². The fourth-order valence-electron chi connectivity index (χ4n) is 4.64. The number of benzene rings is 1. The van der Waals surface area contributed by atoms with Crippen LogP contribution in [0.25, 0.3) is 10.9 Å². The Morgan fingerprint density at radius 3 is 2.58 bits per heavy atom. The largest absolute Gasteiger partial charge is 0.367 e. The van der Waals surface area contributed by atoms with Gasteiger partial charge in [-0.25, -0.2) is 0 Å². The minimum atomic E-state index is -0.0646. The first-order chi connectivity index (χ1) is 12.6. The summed E-state index contributed by atoms with van der Waals surface area (Å²) < 4.78 is 0. The Labute approximate surface area is 161 Å². The van der Waals surface area contributed by atoms with Gasteiger partial charge in [-0.1, -0.05) is 30.9 Å². The fraction of sp³-hybridized carbons (Fsp3) is 0.571. The van der Waals surface area contributed by atoms with Crippen molar-refractivity contribution >= 4 is 28.2 Å². The molecule has 4 rings (SSSR count). The topological polar surface area (TPSA) is 45.4 Å². The van der Waals surface area contributed by atoms with Crippen molar-refractivity contribution in [3.8, 4) is 0 Å². The van der Waals surface area contributed by atoms with E-state index in [2.05, 4.69) is 20.9 Å². The Bertz CT molecular complexity index is 762. The number of rotatable bonds is 3. The smallest absolute Gasteiger partial charge is 0.0953 e.